The molecular formula is C18H13NO3S. The second-order valence-corrected chi connectivity index (χ2v) is 6.09. The van der Waals surface area contributed by atoms with Crippen LogP contribution < -0.4 is 10.1 Å². The summed E-state index contributed by atoms with van der Waals surface area (Å²) in [7, 11) is 0. The van der Waals surface area contributed by atoms with Crippen LogP contribution in [-0.4, -0.2) is 11.7 Å². The number of Topliss-reactive ketones (excluding diaryl/α,β-unsaturated/α-hetero) is 1. The second kappa shape index (κ2) is 6.14. The van der Waals surface area contributed by atoms with E-state index in [-0.39, 0.29) is 16.4 Å². The van der Waals surface area contributed by atoms with E-state index in [4.69, 9.17) is 0 Å². The Hall–Kier alpha value is -2.79. The van der Waals surface area contributed by atoms with Crippen molar-refractivity contribution in [2.24, 2.45) is 0 Å². The zero-order chi connectivity index (χ0) is 16.4. The number of hydrogen-bond acceptors (Lipinski definition) is 4. The molecule has 0 spiro atoms. The molecule has 0 bridgehead atoms. The number of amides is 1. The summed E-state index contributed by atoms with van der Waals surface area (Å²) >= 11 is 0.910. The van der Waals surface area contributed by atoms with Gasteiger partial charge in [0.05, 0.1) is 4.88 Å². The van der Waals surface area contributed by atoms with Gasteiger partial charge in [-0.25, -0.2) is 0 Å². The number of ketones is 1. The zero-order valence-corrected chi connectivity index (χ0v) is 13.1. The van der Waals surface area contributed by atoms with Crippen LogP contribution in [0.1, 0.15) is 27.0 Å². The Bertz CT molecular complexity index is 975. The predicted octanol–water partition coefficient (Wildman–Crippen LogP) is 3.72. The molecule has 0 saturated heterocycles. The minimum atomic E-state index is -0.362. The van der Waals surface area contributed by atoms with Gasteiger partial charge in [-0.15, -0.1) is 0 Å². The molecule has 1 aromatic heterocycles. The van der Waals surface area contributed by atoms with Gasteiger partial charge < -0.3 is 5.32 Å². The highest BCUT2D eigenvalue weighted by molar-refractivity contribution is 7.12. The van der Waals surface area contributed by atoms with Gasteiger partial charge in [-0.2, -0.15) is 0 Å². The van der Waals surface area contributed by atoms with Crippen molar-refractivity contribution in [2.75, 3.05) is 5.32 Å². The maximum atomic E-state index is 12.4. The predicted molar refractivity (Wildman–Crippen MR) is 92.5 cm³/mol. The van der Waals surface area contributed by atoms with Crippen molar-refractivity contribution in [1.29, 1.82) is 0 Å². The molecule has 114 valence electrons. The number of benzene rings is 2. The Morgan fingerprint density at radius 2 is 1.78 bits per heavy atom. The van der Waals surface area contributed by atoms with Crippen LogP contribution in [0.3, 0.4) is 0 Å². The van der Waals surface area contributed by atoms with Crippen molar-refractivity contribution < 1.29 is 9.59 Å². The van der Waals surface area contributed by atoms with Crippen molar-refractivity contribution in [3.8, 4) is 0 Å². The number of rotatable bonds is 3. The average molecular weight is 323 g/mol. The minimum Gasteiger partial charge on any atom is -0.321 e. The molecule has 0 atom stereocenters. The lowest BCUT2D eigenvalue weighted by molar-refractivity contribution is 0.101. The van der Waals surface area contributed by atoms with E-state index < -0.39 is 0 Å². The van der Waals surface area contributed by atoms with Crippen LogP contribution >= 0.6 is 11.3 Å². The molecule has 2 aromatic carbocycles. The van der Waals surface area contributed by atoms with E-state index in [1.807, 2.05) is 6.07 Å². The third kappa shape index (κ3) is 3.19. The molecule has 3 aromatic rings. The fourth-order valence-corrected chi connectivity index (χ4v) is 3.08. The molecule has 23 heavy (non-hydrogen) atoms. The van der Waals surface area contributed by atoms with Crippen LogP contribution in [0.2, 0.25) is 0 Å². The molecule has 3 rings (SSSR count). The SMILES string of the molecule is CC(=O)c1cccc(NC(=O)c2cc3ccccc3c(=O)s2)c1. The molecule has 0 fully saturated rings. The van der Waals surface area contributed by atoms with Crippen molar-refractivity contribution in [2.45, 2.75) is 6.92 Å². The Morgan fingerprint density at radius 3 is 2.57 bits per heavy atom. The highest BCUT2D eigenvalue weighted by atomic mass is 32.1. The smallest absolute Gasteiger partial charge is 0.265 e. The minimum absolute atomic E-state index is 0.0727. The molecule has 0 aliphatic carbocycles. The van der Waals surface area contributed by atoms with Gasteiger partial charge in [0.15, 0.2) is 5.78 Å². The quantitative estimate of drug-likeness (QED) is 0.747. The summed E-state index contributed by atoms with van der Waals surface area (Å²) in [5, 5.41) is 4.07. The van der Waals surface area contributed by atoms with Crippen molar-refractivity contribution in [3.05, 3.63) is 74.6 Å². The largest absolute Gasteiger partial charge is 0.321 e. The molecule has 1 heterocycles. The number of hydrogen-bond donors (Lipinski definition) is 1. The number of fused-ring (bicyclic) bond motifs is 1. The standard InChI is InChI=1S/C18H13NO3S/c1-11(20)12-6-4-7-14(9-12)19-17(21)16-10-13-5-2-3-8-15(13)18(22)23-16/h2-10H,1H3,(H,19,21). The molecule has 0 aliphatic heterocycles. The van der Waals surface area contributed by atoms with E-state index in [9.17, 15) is 14.4 Å². The summed E-state index contributed by atoms with van der Waals surface area (Å²) in [5.41, 5.74) is 1.05. The lowest BCUT2D eigenvalue weighted by Gasteiger charge is -2.06. The van der Waals surface area contributed by atoms with Gasteiger partial charge in [-0.1, -0.05) is 41.7 Å². The maximum Gasteiger partial charge on any atom is 0.265 e. The first-order valence-electron chi connectivity index (χ1n) is 7.00. The maximum absolute atomic E-state index is 12.4. The van der Waals surface area contributed by atoms with E-state index >= 15 is 0 Å². The van der Waals surface area contributed by atoms with Crippen molar-refractivity contribution >= 4 is 39.5 Å². The third-order valence-corrected chi connectivity index (χ3v) is 4.35. The monoisotopic (exact) mass is 323 g/mol. The van der Waals surface area contributed by atoms with Crippen molar-refractivity contribution in [1.82, 2.24) is 0 Å². The molecule has 0 radical (unpaired) electrons. The Labute approximate surface area is 136 Å². The normalized spacial score (nSPS) is 10.5. The number of carbonyl (C=O) groups excluding carboxylic acids is 2. The molecule has 0 saturated carbocycles. The van der Waals surface area contributed by atoms with E-state index in [0.29, 0.717) is 21.5 Å². The fraction of sp³-hybridized carbons (Fsp3) is 0.0556. The van der Waals surface area contributed by atoms with Crippen LogP contribution in [0.5, 0.6) is 0 Å². The van der Waals surface area contributed by atoms with E-state index in [1.165, 1.54) is 6.92 Å². The number of carbonyl (C=O) groups is 2. The summed E-state index contributed by atoms with van der Waals surface area (Å²) < 4.78 is -0.147. The van der Waals surface area contributed by atoms with E-state index in [1.54, 1.807) is 48.5 Å². The summed E-state index contributed by atoms with van der Waals surface area (Å²) in [4.78, 5) is 36.2. The van der Waals surface area contributed by atoms with Gasteiger partial charge in [0.25, 0.3) is 5.91 Å². The highest BCUT2D eigenvalue weighted by Gasteiger charge is 2.11. The second-order valence-electron chi connectivity index (χ2n) is 5.08. The van der Waals surface area contributed by atoms with Crippen LogP contribution in [0.4, 0.5) is 5.69 Å². The molecular weight excluding hydrogens is 310 g/mol. The highest BCUT2D eigenvalue weighted by Crippen LogP contribution is 2.17. The van der Waals surface area contributed by atoms with Gasteiger partial charge in [0, 0.05) is 16.6 Å². The Morgan fingerprint density at radius 1 is 1.00 bits per heavy atom. The Kier molecular flexibility index (Phi) is 4.04. The van der Waals surface area contributed by atoms with Crippen LogP contribution in [-0.2, 0) is 0 Å². The molecule has 1 N–H and O–H groups in total. The molecule has 4 nitrogen and oxygen atoms in total. The first kappa shape index (κ1) is 15.1. The molecule has 0 unspecified atom stereocenters. The summed E-state index contributed by atoms with van der Waals surface area (Å²) in [6.07, 6.45) is 0. The molecule has 5 heteroatoms. The summed E-state index contributed by atoms with van der Waals surface area (Å²) in [6.45, 7) is 1.47. The third-order valence-electron chi connectivity index (χ3n) is 3.42. The molecule has 1 amide bonds. The Balaban J connectivity index is 1.93. The van der Waals surface area contributed by atoms with Gasteiger partial charge in [-0.3, -0.25) is 14.4 Å². The zero-order valence-electron chi connectivity index (χ0n) is 12.3. The lowest BCUT2D eigenvalue weighted by atomic mass is 10.1. The average Bonchev–Trinajstić information content (AvgIpc) is 2.55. The van der Waals surface area contributed by atoms with E-state index in [0.717, 1.165) is 16.7 Å². The topological polar surface area (TPSA) is 63.2 Å². The van der Waals surface area contributed by atoms with Gasteiger partial charge >= 0.3 is 0 Å². The van der Waals surface area contributed by atoms with Crippen molar-refractivity contribution in [3.63, 3.8) is 0 Å². The summed E-state index contributed by atoms with van der Waals surface area (Å²) in [5.74, 6) is -0.435. The lowest BCUT2D eigenvalue weighted by Crippen LogP contribution is -2.13. The first-order chi connectivity index (χ1) is 11.0. The first-order valence-corrected chi connectivity index (χ1v) is 7.81. The van der Waals surface area contributed by atoms with Gasteiger partial charge in [0.1, 0.15) is 0 Å². The van der Waals surface area contributed by atoms with Gasteiger partial charge in [0.2, 0.25) is 4.74 Å². The van der Waals surface area contributed by atoms with Gasteiger partial charge in [-0.05, 0) is 36.6 Å². The fourth-order valence-electron chi connectivity index (χ4n) is 2.25. The molecule has 0 aliphatic rings. The van der Waals surface area contributed by atoms with Crippen LogP contribution in [0, 0.1) is 0 Å². The summed E-state index contributed by atoms with van der Waals surface area (Å²) in [6, 6.07) is 15.6. The van der Waals surface area contributed by atoms with Crippen LogP contribution in [0.15, 0.2) is 59.4 Å². The van der Waals surface area contributed by atoms with Crippen LogP contribution in [0.25, 0.3) is 10.8 Å². The van der Waals surface area contributed by atoms with E-state index in [2.05, 4.69) is 5.32 Å². The number of nitrogens with one attached hydrogen (secondary N) is 1. The number of anilines is 1.